The van der Waals surface area contributed by atoms with Crippen molar-refractivity contribution in [2.24, 2.45) is 5.92 Å². The van der Waals surface area contributed by atoms with Gasteiger partial charge in [0.05, 0.1) is 25.2 Å². The predicted molar refractivity (Wildman–Crippen MR) is 106 cm³/mol. The quantitative estimate of drug-likeness (QED) is 0.716. The van der Waals surface area contributed by atoms with Crippen LogP contribution in [0.3, 0.4) is 0 Å². The lowest BCUT2D eigenvalue weighted by Crippen LogP contribution is -2.40. The van der Waals surface area contributed by atoms with E-state index in [4.69, 9.17) is 9.47 Å². The van der Waals surface area contributed by atoms with Crippen molar-refractivity contribution >= 4 is 15.9 Å². The number of carbonyl (C=O) groups excluding carboxylic acids is 1. The summed E-state index contributed by atoms with van der Waals surface area (Å²) in [7, 11) is -2.01. The Morgan fingerprint density at radius 3 is 2.68 bits per heavy atom. The summed E-state index contributed by atoms with van der Waals surface area (Å²) in [6.45, 7) is 5.32. The Hall–Kier alpha value is -1.64. The molecule has 3 rings (SSSR count). The van der Waals surface area contributed by atoms with Crippen LogP contribution in [0.15, 0.2) is 23.1 Å². The molecule has 0 N–H and O–H groups in total. The molecule has 0 aliphatic carbocycles. The van der Waals surface area contributed by atoms with Crippen LogP contribution in [0.4, 0.5) is 0 Å². The first kappa shape index (κ1) is 21.1. The summed E-state index contributed by atoms with van der Waals surface area (Å²) in [5, 5.41) is 0. The number of nitrogens with zero attached hydrogens (tertiary/aromatic N) is 2. The second-order valence-corrected chi connectivity index (χ2v) is 9.52. The van der Waals surface area contributed by atoms with Crippen LogP contribution in [0.25, 0.3) is 0 Å². The topological polar surface area (TPSA) is 76.1 Å². The molecule has 1 aromatic rings. The molecule has 1 atom stereocenters. The number of amides is 1. The smallest absolute Gasteiger partial charge is 0.243 e. The van der Waals surface area contributed by atoms with E-state index in [0.717, 1.165) is 25.1 Å². The van der Waals surface area contributed by atoms with E-state index in [1.165, 1.54) is 10.7 Å². The van der Waals surface area contributed by atoms with Crippen molar-refractivity contribution in [3.8, 4) is 5.75 Å². The number of morpholine rings is 1. The van der Waals surface area contributed by atoms with Crippen LogP contribution in [0.2, 0.25) is 0 Å². The van der Waals surface area contributed by atoms with Crippen molar-refractivity contribution in [1.82, 2.24) is 9.21 Å². The molecule has 0 bridgehead atoms. The Kier molecular flexibility index (Phi) is 6.95. The van der Waals surface area contributed by atoms with Crippen LogP contribution in [0, 0.1) is 5.92 Å². The van der Waals surface area contributed by atoms with Gasteiger partial charge in [-0.2, -0.15) is 4.31 Å². The van der Waals surface area contributed by atoms with E-state index < -0.39 is 10.0 Å². The average Bonchev–Trinajstić information content (AvgIpc) is 2.72. The first-order valence-electron chi connectivity index (χ1n) is 9.94. The number of piperidine rings is 1. The van der Waals surface area contributed by atoms with E-state index in [9.17, 15) is 13.2 Å². The molecule has 2 saturated heterocycles. The first-order chi connectivity index (χ1) is 13.4. The van der Waals surface area contributed by atoms with Gasteiger partial charge in [-0.25, -0.2) is 8.42 Å². The zero-order chi connectivity index (χ0) is 20.1. The van der Waals surface area contributed by atoms with Crippen LogP contribution in [0.1, 0.15) is 31.7 Å². The van der Waals surface area contributed by atoms with Gasteiger partial charge in [-0.3, -0.25) is 4.79 Å². The van der Waals surface area contributed by atoms with Crippen LogP contribution in [-0.4, -0.2) is 70.0 Å². The van der Waals surface area contributed by atoms with Crippen molar-refractivity contribution in [3.05, 3.63) is 23.8 Å². The number of carbonyl (C=O) groups is 1. The molecule has 7 nitrogen and oxygen atoms in total. The number of benzene rings is 1. The summed E-state index contributed by atoms with van der Waals surface area (Å²) in [5.74, 6) is 1.27. The van der Waals surface area contributed by atoms with E-state index in [-0.39, 0.29) is 10.8 Å². The Morgan fingerprint density at radius 1 is 1.25 bits per heavy atom. The van der Waals surface area contributed by atoms with Crippen molar-refractivity contribution in [1.29, 1.82) is 0 Å². The fourth-order valence-electron chi connectivity index (χ4n) is 3.86. The van der Waals surface area contributed by atoms with Gasteiger partial charge in [-0.15, -0.1) is 0 Å². The number of hydrogen-bond acceptors (Lipinski definition) is 5. The minimum Gasteiger partial charge on any atom is -0.496 e. The van der Waals surface area contributed by atoms with Gasteiger partial charge in [-0.05, 0) is 48.9 Å². The van der Waals surface area contributed by atoms with Gasteiger partial charge < -0.3 is 14.4 Å². The molecule has 1 aromatic carbocycles. The number of likely N-dealkylation sites (tertiary alicyclic amines) is 1. The van der Waals surface area contributed by atoms with E-state index in [1.54, 1.807) is 25.3 Å². The molecule has 0 radical (unpaired) electrons. The third-order valence-corrected chi connectivity index (χ3v) is 7.37. The molecule has 0 spiro atoms. The molecule has 2 fully saturated rings. The molecular weight excluding hydrogens is 380 g/mol. The zero-order valence-corrected chi connectivity index (χ0v) is 17.5. The first-order valence-corrected chi connectivity index (χ1v) is 11.4. The van der Waals surface area contributed by atoms with Gasteiger partial charge in [-0.1, -0.05) is 6.92 Å². The number of methoxy groups -OCH3 is 1. The number of aryl methyl sites for hydroxylation is 1. The molecular formula is C20H30N2O5S. The van der Waals surface area contributed by atoms with E-state index in [0.29, 0.717) is 50.8 Å². The highest BCUT2D eigenvalue weighted by Gasteiger charge is 2.27. The average molecular weight is 411 g/mol. The lowest BCUT2D eigenvalue weighted by Gasteiger charge is -2.31. The molecule has 2 aliphatic heterocycles. The summed E-state index contributed by atoms with van der Waals surface area (Å²) in [6.07, 6.45) is 3.02. The molecule has 2 aliphatic rings. The minimum atomic E-state index is -3.57. The van der Waals surface area contributed by atoms with Gasteiger partial charge in [0.15, 0.2) is 0 Å². The van der Waals surface area contributed by atoms with Crippen LogP contribution in [-0.2, 0) is 26.0 Å². The summed E-state index contributed by atoms with van der Waals surface area (Å²) in [4.78, 5) is 14.8. The van der Waals surface area contributed by atoms with Crippen molar-refractivity contribution < 1.29 is 22.7 Å². The lowest BCUT2D eigenvalue weighted by molar-refractivity contribution is -0.132. The van der Waals surface area contributed by atoms with E-state index >= 15 is 0 Å². The molecule has 0 aromatic heterocycles. The van der Waals surface area contributed by atoms with Crippen LogP contribution < -0.4 is 4.74 Å². The highest BCUT2D eigenvalue weighted by atomic mass is 32.2. The molecule has 0 saturated carbocycles. The van der Waals surface area contributed by atoms with Crippen LogP contribution in [0.5, 0.6) is 5.75 Å². The summed E-state index contributed by atoms with van der Waals surface area (Å²) in [5.41, 5.74) is 0.746. The molecule has 2 heterocycles. The third kappa shape index (κ3) is 4.85. The molecule has 8 heteroatoms. The Morgan fingerprint density at radius 2 is 2.00 bits per heavy atom. The SMILES string of the molecule is COc1ccc(S(=O)(=O)N2CCOCC2)cc1CCC(=O)N1CCCC(C)C1. The molecule has 1 amide bonds. The maximum atomic E-state index is 12.9. The Balaban J connectivity index is 1.73. The second-order valence-electron chi connectivity index (χ2n) is 7.58. The fraction of sp³-hybridized carbons (Fsp3) is 0.650. The number of hydrogen-bond donors (Lipinski definition) is 0. The maximum Gasteiger partial charge on any atom is 0.243 e. The Bertz CT molecular complexity index is 790. The largest absolute Gasteiger partial charge is 0.496 e. The zero-order valence-electron chi connectivity index (χ0n) is 16.7. The maximum absolute atomic E-state index is 12.9. The predicted octanol–water partition coefficient (Wildman–Crippen LogP) is 1.91. The van der Waals surface area contributed by atoms with E-state index in [2.05, 4.69) is 6.92 Å². The molecule has 28 heavy (non-hydrogen) atoms. The van der Waals surface area contributed by atoms with Gasteiger partial charge in [0, 0.05) is 32.6 Å². The summed E-state index contributed by atoms with van der Waals surface area (Å²) in [6, 6.07) is 4.90. The lowest BCUT2D eigenvalue weighted by atomic mass is 9.99. The molecule has 1 unspecified atom stereocenters. The molecule has 156 valence electrons. The number of rotatable bonds is 6. The van der Waals surface area contributed by atoms with Crippen molar-refractivity contribution in [2.75, 3.05) is 46.5 Å². The van der Waals surface area contributed by atoms with Gasteiger partial charge >= 0.3 is 0 Å². The van der Waals surface area contributed by atoms with Gasteiger partial charge in [0.25, 0.3) is 0 Å². The van der Waals surface area contributed by atoms with Crippen molar-refractivity contribution in [3.63, 3.8) is 0 Å². The van der Waals surface area contributed by atoms with Crippen molar-refractivity contribution in [2.45, 2.75) is 37.5 Å². The minimum absolute atomic E-state index is 0.120. The number of ether oxygens (including phenoxy) is 2. The standard InChI is InChI=1S/C20H30N2O5S/c1-16-4-3-9-21(15-16)20(23)8-5-17-14-18(6-7-19(17)26-2)28(24,25)22-10-12-27-13-11-22/h6-7,14,16H,3-5,8-13,15H2,1-2H3. The highest BCUT2D eigenvalue weighted by Crippen LogP contribution is 2.26. The Labute approximate surface area is 167 Å². The highest BCUT2D eigenvalue weighted by molar-refractivity contribution is 7.89. The summed E-state index contributed by atoms with van der Waals surface area (Å²) < 4.78 is 37.9. The fourth-order valence-corrected chi connectivity index (χ4v) is 5.32. The second kappa shape index (κ2) is 9.24. The normalized spacial score (nSPS) is 21.5. The van der Waals surface area contributed by atoms with Gasteiger partial charge in [0.2, 0.25) is 15.9 Å². The van der Waals surface area contributed by atoms with E-state index in [1.807, 2.05) is 4.90 Å². The van der Waals surface area contributed by atoms with Gasteiger partial charge in [0.1, 0.15) is 5.75 Å². The third-order valence-electron chi connectivity index (χ3n) is 5.48. The summed E-state index contributed by atoms with van der Waals surface area (Å²) >= 11 is 0. The monoisotopic (exact) mass is 410 g/mol. The number of sulfonamides is 1. The van der Waals surface area contributed by atoms with Crippen LogP contribution >= 0.6 is 0 Å².